The Hall–Kier alpha value is -1.51. The third kappa shape index (κ3) is 4.78. The molecule has 0 radical (unpaired) electrons. The Kier molecular flexibility index (Phi) is 6.26. The average Bonchev–Trinajstić information content (AvgIpc) is 2.36. The third-order valence-electron chi connectivity index (χ3n) is 2.74. The maximum Gasteiger partial charge on any atom is 0.253 e. The van der Waals surface area contributed by atoms with Gasteiger partial charge in [0.2, 0.25) is 0 Å². The van der Waals surface area contributed by atoms with E-state index in [0.717, 1.165) is 37.2 Å². The number of amides is 1. The predicted octanol–water partition coefficient (Wildman–Crippen LogP) is 3.28. The Balaban J connectivity index is 2.60. The summed E-state index contributed by atoms with van der Waals surface area (Å²) in [5.74, 6) is 0.619. The Morgan fingerprint density at radius 3 is 2.61 bits per heavy atom. The van der Waals surface area contributed by atoms with E-state index in [0.29, 0.717) is 5.92 Å². The Morgan fingerprint density at radius 1 is 1.22 bits per heavy atom. The molecule has 1 aromatic carbocycles. The molecule has 0 bridgehead atoms. The van der Waals surface area contributed by atoms with Gasteiger partial charge in [0, 0.05) is 18.8 Å². The highest BCUT2D eigenvalue weighted by molar-refractivity contribution is 5.99. The number of carbonyl (C=O) groups excluding carboxylic acids is 1. The Labute approximate surface area is 110 Å². The van der Waals surface area contributed by atoms with E-state index in [4.69, 9.17) is 0 Å². The van der Waals surface area contributed by atoms with Gasteiger partial charge in [-0.3, -0.25) is 4.79 Å². The molecule has 0 atom stereocenters. The molecule has 0 aliphatic carbocycles. The van der Waals surface area contributed by atoms with Gasteiger partial charge in [-0.25, -0.2) is 0 Å². The summed E-state index contributed by atoms with van der Waals surface area (Å²) in [7, 11) is 0. The summed E-state index contributed by atoms with van der Waals surface area (Å²) in [4.78, 5) is 12.1. The van der Waals surface area contributed by atoms with E-state index in [-0.39, 0.29) is 5.91 Å². The fourth-order valence-electron chi connectivity index (χ4n) is 1.66. The van der Waals surface area contributed by atoms with Crippen molar-refractivity contribution in [2.45, 2.75) is 33.6 Å². The van der Waals surface area contributed by atoms with E-state index in [9.17, 15) is 4.79 Å². The first-order valence-electron chi connectivity index (χ1n) is 6.76. The van der Waals surface area contributed by atoms with Crippen LogP contribution in [0.1, 0.15) is 44.0 Å². The third-order valence-corrected chi connectivity index (χ3v) is 2.74. The van der Waals surface area contributed by atoms with Crippen LogP contribution in [0.3, 0.4) is 0 Å². The van der Waals surface area contributed by atoms with Gasteiger partial charge in [0.15, 0.2) is 0 Å². The number of rotatable bonds is 7. The molecule has 0 heterocycles. The molecule has 100 valence electrons. The van der Waals surface area contributed by atoms with Gasteiger partial charge in [-0.15, -0.1) is 0 Å². The van der Waals surface area contributed by atoms with Crippen LogP contribution in [0.5, 0.6) is 0 Å². The van der Waals surface area contributed by atoms with Gasteiger partial charge in [0.1, 0.15) is 0 Å². The molecule has 0 aliphatic rings. The van der Waals surface area contributed by atoms with Gasteiger partial charge in [0.05, 0.1) is 5.56 Å². The Bertz CT molecular complexity index is 375. The molecule has 0 saturated carbocycles. The van der Waals surface area contributed by atoms with Crippen LogP contribution >= 0.6 is 0 Å². The zero-order valence-electron chi connectivity index (χ0n) is 11.6. The minimum absolute atomic E-state index is 0.00912. The largest absolute Gasteiger partial charge is 0.384 e. The van der Waals surface area contributed by atoms with Crippen LogP contribution in [0.15, 0.2) is 24.3 Å². The molecular weight excluding hydrogens is 224 g/mol. The molecule has 3 nitrogen and oxygen atoms in total. The van der Waals surface area contributed by atoms with Gasteiger partial charge < -0.3 is 10.6 Å². The fourth-order valence-corrected chi connectivity index (χ4v) is 1.66. The monoisotopic (exact) mass is 248 g/mol. The lowest BCUT2D eigenvalue weighted by Gasteiger charge is -2.12. The van der Waals surface area contributed by atoms with Gasteiger partial charge in [-0.2, -0.15) is 0 Å². The second kappa shape index (κ2) is 7.75. The molecule has 0 fully saturated rings. The van der Waals surface area contributed by atoms with E-state index in [1.165, 1.54) is 0 Å². The Morgan fingerprint density at radius 2 is 1.94 bits per heavy atom. The van der Waals surface area contributed by atoms with E-state index in [2.05, 4.69) is 31.4 Å². The second-order valence-corrected chi connectivity index (χ2v) is 4.91. The minimum Gasteiger partial charge on any atom is -0.384 e. The zero-order valence-corrected chi connectivity index (χ0v) is 11.6. The first-order chi connectivity index (χ1) is 8.65. The molecule has 0 unspecified atom stereocenters. The highest BCUT2D eigenvalue weighted by atomic mass is 16.1. The maximum absolute atomic E-state index is 12.1. The van der Waals surface area contributed by atoms with Crippen LogP contribution in [0.25, 0.3) is 0 Å². The first-order valence-corrected chi connectivity index (χ1v) is 6.76. The number of anilines is 1. The smallest absolute Gasteiger partial charge is 0.253 e. The summed E-state index contributed by atoms with van der Waals surface area (Å²) in [6.07, 6.45) is 2.06. The van der Waals surface area contributed by atoms with Gasteiger partial charge in [-0.05, 0) is 30.9 Å². The molecule has 18 heavy (non-hydrogen) atoms. The van der Waals surface area contributed by atoms with E-state index >= 15 is 0 Å². The quantitative estimate of drug-likeness (QED) is 0.777. The van der Waals surface area contributed by atoms with Crippen molar-refractivity contribution >= 4 is 11.6 Å². The minimum atomic E-state index is 0.00912. The summed E-state index contributed by atoms with van der Waals surface area (Å²) >= 11 is 0. The van der Waals surface area contributed by atoms with Crippen LogP contribution in [0.4, 0.5) is 5.69 Å². The molecule has 0 saturated heterocycles. The second-order valence-electron chi connectivity index (χ2n) is 4.91. The van der Waals surface area contributed by atoms with Crippen molar-refractivity contribution in [3.8, 4) is 0 Å². The lowest BCUT2D eigenvalue weighted by atomic mass is 10.1. The molecule has 0 aliphatic heterocycles. The van der Waals surface area contributed by atoms with Crippen molar-refractivity contribution in [3.05, 3.63) is 29.8 Å². The molecule has 2 N–H and O–H groups in total. The topological polar surface area (TPSA) is 41.1 Å². The van der Waals surface area contributed by atoms with Crippen molar-refractivity contribution in [2.24, 2.45) is 5.92 Å². The summed E-state index contributed by atoms with van der Waals surface area (Å²) in [6, 6.07) is 7.66. The van der Waals surface area contributed by atoms with Crippen molar-refractivity contribution in [1.29, 1.82) is 0 Å². The van der Waals surface area contributed by atoms with Crippen LogP contribution in [-0.4, -0.2) is 19.0 Å². The SMILES string of the molecule is CCCNc1ccccc1C(=O)NCCC(C)C. The summed E-state index contributed by atoms with van der Waals surface area (Å²) in [5.41, 5.74) is 1.65. The summed E-state index contributed by atoms with van der Waals surface area (Å²) in [6.45, 7) is 8.04. The van der Waals surface area contributed by atoms with Crippen molar-refractivity contribution in [1.82, 2.24) is 5.32 Å². The zero-order chi connectivity index (χ0) is 13.4. The average molecular weight is 248 g/mol. The van der Waals surface area contributed by atoms with Crippen LogP contribution in [0, 0.1) is 5.92 Å². The molecule has 1 rings (SSSR count). The van der Waals surface area contributed by atoms with Crippen LogP contribution in [0.2, 0.25) is 0 Å². The maximum atomic E-state index is 12.1. The number of benzene rings is 1. The molecule has 0 spiro atoms. The van der Waals surface area contributed by atoms with Gasteiger partial charge in [-0.1, -0.05) is 32.9 Å². The van der Waals surface area contributed by atoms with Crippen molar-refractivity contribution in [2.75, 3.05) is 18.4 Å². The normalized spacial score (nSPS) is 10.4. The highest BCUT2D eigenvalue weighted by Gasteiger charge is 2.09. The van der Waals surface area contributed by atoms with E-state index < -0.39 is 0 Å². The van der Waals surface area contributed by atoms with E-state index in [1.54, 1.807) is 0 Å². The van der Waals surface area contributed by atoms with Crippen LogP contribution < -0.4 is 10.6 Å². The number of para-hydroxylation sites is 1. The molecule has 1 amide bonds. The van der Waals surface area contributed by atoms with Crippen LogP contribution in [-0.2, 0) is 0 Å². The summed E-state index contributed by atoms with van der Waals surface area (Å²) < 4.78 is 0. The highest BCUT2D eigenvalue weighted by Crippen LogP contribution is 2.14. The lowest BCUT2D eigenvalue weighted by molar-refractivity contribution is 0.0953. The lowest BCUT2D eigenvalue weighted by Crippen LogP contribution is -2.26. The first kappa shape index (κ1) is 14.6. The van der Waals surface area contributed by atoms with Gasteiger partial charge >= 0.3 is 0 Å². The molecule has 3 heteroatoms. The van der Waals surface area contributed by atoms with E-state index in [1.807, 2.05) is 24.3 Å². The molecule has 0 aromatic heterocycles. The fraction of sp³-hybridized carbons (Fsp3) is 0.533. The summed E-state index contributed by atoms with van der Waals surface area (Å²) in [5, 5.41) is 6.25. The van der Waals surface area contributed by atoms with Crippen molar-refractivity contribution < 1.29 is 4.79 Å². The van der Waals surface area contributed by atoms with Gasteiger partial charge in [0.25, 0.3) is 5.91 Å². The predicted molar refractivity (Wildman–Crippen MR) is 77.0 cm³/mol. The number of hydrogen-bond acceptors (Lipinski definition) is 2. The molecule has 1 aromatic rings. The number of carbonyl (C=O) groups is 1. The molecular formula is C15H24N2O. The standard InChI is InChI=1S/C15H24N2O/c1-4-10-16-14-8-6-5-7-13(14)15(18)17-11-9-12(2)3/h5-8,12,16H,4,9-11H2,1-3H3,(H,17,18). The van der Waals surface area contributed by atoms with Crippen molar-refractivity contribution in [3.63, 3.8) is 0 Å². The number of nitrogens with one attached hydrogen (secondary N) is 2. The number of hydrogen-bond donors (Lipinski definition) is 2.